The number of ether oxygens (including phenoxy) is 1. The molecule has 1 aliphatic rings. The van der Waals surface area contributed by atoms with Gasteiger partial charge in [0.2, 0.25) is 0 Å². The minimum atomic E-state index is 0.404. The number of rotatable bonds is 3. The van der Waals surface area contributed by atoms with Crippen molar-refractivity contribution in [2.45, 2.75) is 25.3 Å². The monoisotopic (exact) mass is 321 g/mol. The highest BCUT2D eigenvalue weighted by Gasteiger charge is 2.19. The van der Waals surface area contributed by atoms with E-state index in [1.165, 1.54) is 11.1 Å². The molecule has 21 heavy (non-hydrogen) atoms. The molecule has 0 amide bonds. The molecule has 0 radical (unpaired) electrons. The minimum Gasteiger partial charge on any atom is -0.497 e. The molecule has 0 spiro atoms. The maximum atomic E-state index is 6.06. The van der Waals surface area contributed by atoms with Gasteiger partial charge < -0.3 is 10.1 Å². The second-order valence-corrected chi connectivity index (χ2v) is 6.16. The molecule has 1 atom stereocenters. The van der Waals surface area contributed by atoms with Gasteiger partial charge in [-0.3, -0.25) is 0 Å². The Morgan fingerprint density at radius 2 is 1.90 bits per heavy atom. The number of halogens is 2. The van der Waals surface area contributed by atoms with Crippen LogP contribution in [0.4, 0.5) is 5.69 Å². The molecule has 0 heterocycles. The summed E-state index contributed by atoms with van der Waals surface area (Å²) in [6, 6.07) is 12.4. The lowest BCUT2D eigenvalue weighted by Gasteiger charge is -2.27. The van der Waals surface area contributed by atoms with Crippen molar-refractivity contribution in [1.29, 1.82) is 0 Å². The molecule has 2 aromatic rings. The van der Waals surface area contributed by atoms with E-state index >= 15 is 0 Å². The lowest BCUT2D eigenvalue weighted by Crippen LogP contribution is -2.27. The summed E-state index contributed by atoms with van der Waals surface area (Å²) in [4.78, 5) is 0. The number of methoxy groups -OCH3 is 1. The van der Waals surface area contributed by atoms with Crippen LogP contribution >= 0.6 is 23.2 Å². The SMILES string of the molecule is COc1ccc2c(c1)CC(Nc1ccc(Cl)c(Cl)c1)CC2. The van der Waals surface area contributed by atoms with Crippen LogP contribution in [0.2, 0.25) is 10.0 Å². The maximum absolute atomic E-state index is 6.06. The zero-order valence-electron chi connectivity index (χ0n) is 11.8. The van der Waals surface area contributed by atoms with Crippen LogP contribution in [0, 0.1) is 0 Å². The van der Waals surface area contributed by atoms with Gasteiger partial charge in [0, 0.05) is 11.7 Å². The molecule has 1 aliphatic carbocycles. The fourth-order valence-electron chi connectivity index (χ4n) is 2.81. The van der Waals surface area contributed by atoms with Crippen LogP contribution < -0.4 is 10.1 Å². The smallest absolute Gasteiger partial charge is 0.119 e. The summed E-state index contributed by atoms with van der Waals surface area (Å²) >= 11 is 12.0. The van der Waals surface area contributed by atoms with E-state index in [9.17, 15) is 0 Å². The van der Waals surface area contributed by atoms with Crippen LogP contribution in [0.25, 0.3) is 0 Å². The Morgan fingerprint density at radius 1 is 1.05 bits per heavy atom. The van der Waals surface area contributed by atoms with E-state index in [0.29, 0.717) is 16.1 Å². The molecule has 1 N–H and O–H groups in total. The molecule has 0 saturated carbocycles. The van der Waals surface area contributed by atoms with Gasteiger partial charge in [0.25, 0.3) is 0 Å². The number of aryl methyl sites for hydroxylation is 1. The molecule has 0 aliphatic heterocycles. The second-order valence-electron chi connectivity index (χ2n) is 5.35. The van der Waals surface area contributed by atoms with Gasteiger partial charge in [-0.1, -0.05) is 29.3 Å². The molecule has 1 unspecified atom stereocenters. The van der Waals surface area contributed by atoms with Crippen molar-refractivity contribution in [3.8, 4) is 5.75 Å². The van der Waals surface area contributed by atoms with Gasteiger partial charge >= 0.3 is 0 Å². The van der Waals surface area contributed by atoms with Crippen molar-refractivity contribution in [1.82, 2.24) is 0 Å². The van der Waals surface area contributed by atoms with Crippen molar-refractivity contribution in [2.24, 2.45) is 0 Å². The van der Waals surface area contributed by atoms with Gasteiger partial charge in [-0.15, -0.1) is 0 Å². The number of hydrogen-bond donors (Lipinski definition) is 1. The third-order valence-corrected chi connectivity index (χ3v) is 4.67. The number of benzene rings is 2. The lowest BCUT2D eigenvalue weighted by atomic mass is 9.88. The first-order valence-electron chi connectivity index (χ1n) is 7.03. The minimum absolute atomic E-state index is 0.404. The lowest BCUT2D eigenvalue weighted by molar-refractivity contribution is 0.413. The van der Waals surface area contributed by atoms with Gasteiger partial charge in [-0.2, -0.15) is 0 Å². The average molecular weight is 322 g/mol. The summed E-state index contributed by atoms with van der Waals surface area (Å²) in [5.74, 6) is 0.920. The van der Waals surface area contributed by atoms with E-state index in [-0.39, 0.29) is 0 Å². The quantitative estimate of drug-likeness (QED) is 0.861. The molecule has 0 aromatic heterocycles. The zero-order valence-corrected chi connectivity index (χ0v) is 13.3. The molecule has 0 bridgehead atoms. The van der Waals surface area contributed by atoms with Gasteiger partial charge in [-0.05, 0) is 60.7 Å². The van der Waals surface area contributed by atoms with Crippen LogP contribution in [-0.2, 0) is 12.8 Å². The molecular formula is C17H17Cl2NO. The van der Waals surface area contributed by atoms with Crippen LogP contribution in [0.15, 0.2) is 36.4 Å². The number of nitrogens with one attached hydrogen (secondary N) is 1. The number of fused-ring (bicyclic) bond motifs is 1. The predicted octanol–water partition coefficient (Wildman–Crippen LogP) is 4.97. The van der Waals surface area contributed by atoms with Gasteiger partial charge in [-0.25, -0.2) is 0 Å². The van der Waals surface area contributed by atoms with Crippen molar-refractivity contribution in [3.05, 3.63) is 57.6 Å². The van der Waals surface area contributed by atoms with Crippen molar-refractivity contribution in [2.75, 3.05) is 12.4 Å². The average Bonchev–Trinajstić information content (AvgIpc) is 2.50. The third kappa shape index (κ3) is 3.28. The highest BCUT2D eigenvalue weighted by molar-refractivity contribution is 6.42. The van der Waals surface area contributed by atoms with Crippen LogP contribution in [0.5, 0.6) is 5.75 Å². The maximum Gasteiger partial charge on any atom is 0.119 e. The Labute approximate surface area is 135 Å². The van der Waals surface area contributed by atoms with Crippen LogP contribution in [0.1, 0.15) is 17.5 Å². The van der Waals surface area contributed by atoms with Gasteiger partial charge in [0.15, 0.2) is 0 Å². The third-order valence-electron chi connectivity index (χ3n) is 3.93. The molecular weight excluding hydrogens is 305 g/mol. The topological polar surface area (TPSA) is 21.3 Å². The summed E-state index contributed by atoms with van der Waals surface area (Å²) < 4.78 is 5.31. The second kappa shape index (κ2) is 6.17. The molecule has 0 fully saturated rings. The standard InChI is InChI=1S/C17H17Cl2NO/c1-21-15-6-3-11-2-4-13(8-12(11)9-15)20-14-5-7-16(18)17(19)10-14/h3,5-7,9-10,13,20H,2,4,8H2,1H3. The van der Waals surface area contributed by atoms with Gasteiger partial charge in [0.1, 0.15) is 5.75 Å². The molecule has 4 heteroatoms. The molecule has 0 saturated heterocycles. The number of anilines is 1. The van der Waals surface area contributed by atoms with E-state index in [1.807, 2.05) is 24.3 Å². The summed E-state index contributed by atoms with van der Waals surface area (Å²) in [6.07, 6.45) is 3.19. The summed E-state index contributed by atoms with van der Waals surface area (Å²) in [5.41, 5.74) is 3.79. The first-order chi connectivity index (χ1) is 10.2. The fourth-order valence-corrected chi connectivity index (χ4v) is 3.10. The Bertz CT molecular complexity index is 657. The Balaban J connectivity index is 1.74. The van der Waals surface area contributed by atoms with E-state index in [0.717, 1.165) is 30.7 Å². The fraction of sp³-hybridized carbons (Fsp3) is 0.294. The predicted molar refractivity (Wildman–Crippen MR) is 88.9 cm³/mol. The first kappa shape index (κ1) is 14.6. The molecule has 3 rings (SSSR count). The highest BCUT2D eigenvalue weighted by atomic mass is 35.5. The number of hydrogen-bond acceptors (Lipinski definition) is 2. The van der Waals surface area contributed by atoms with Crippen molar-refractivity contribution < 1.29 is 4.74 Å². The van der Waals surface area contributed by atoms with E-state index < -0.39 is 0 Å². The molecule has 110 valence electrons. The zero-order chi connectivity index (χ0) is 14.8. The Hall–Kier alpha value is -1.38. The summed E-state index contributed by atoms with van der Waals surface area (Å²) in [7, 11) is 1.70. The van der Waals surface area contributed by atoms with Gasteiger partial charge in [0.05, 0.1) is 17.2 Å². The van der Waals surface area contributed by atoms with E-state index in [2.05, 4.69) is 17.4 Å². The first-order valence-corrected chi connectivity index (χ1v) is 7.78. The largest absolute Gasteiger partial charge is 0.497 e. The summed E-state index contributed by atoms with van der Waals surface area (Å²) in [6.45, 7) is 0. The van der Waals surface area contributed by atoms with Crippen molar-refractivity contribution >= 4 is 28.9 Å². The van der Waals surface area contributed by atoms with Crippen molar-refractivity contribution in [3.63, 3.8) is 0 Å². The van der Waals surface area contributed by atoms with E-state index in [4.69, 9.17) is 27.9 Å². The summed E-state index contributed by atoms with van der Waals surface area (Å²) in [5, 5.41) is 4.71. The normalized spacial score (nSPS) is 17.2. The Kier molecular flexibility index (Phi) is 4.27. The highest BCUT2D eigenvalue weighted by Crippen LogP contribution is 2.29. The Morgan fingerprint density at radius 3 is 2.67 bits per heavy atom. The van der Waals surface area contributed by atoms with Crippen LogP contribution in [0.3, 0.4) is 0 Å². The molecule has 2 nitrogen and oxygen atoms in total. The van der Waals surface area contributed by atoms with Crippen LogP contribution in [-0.4, -0.2) is 13.2 Å². The van der Waals surface area contributed by atoms with E-state index in [1.54, 1.807) is 7.11 Å². The molecule has 2 aromatic carbocycles.